The van der Waals surface area contributed by atoms with Gasteiger partial charge in [-0.3, -0.25) is 4.79 Å². The van der Waals surface area contributed by atoms with Gasteiger partial charge in [0.05, 0.1) is 6.61 Å². The van der Waals surface area contributed by atoms with E-state index in [4.69, 9.17) is 15.2 Å². The van der Waals surface area contributed by atoms with Crippen molar-refractivity contribution < 1.29 is 14.3 Å². The van der Waals surface area contributed by atoms with E-state index in [9.17, 15) is 4.79 Å². The van der Waals surface area contributed by atoms with Gasteiger partial charge in [-0.2, -0.15) is 0 Å². The molecule has 6 nitrogen and oxygen atoms in total. The molecule has 6 heteroatoms. The number of carbonyl (C=O) groups is 1. The van der Waals surface area contributed by atoms with Crippen LogP contribution >= 0.6 is 0 Å². The quantitative estimate of drug-likeness (QED) is 0.401. The lowest BCUT2D eigenvalue weighted by Crippen LogP contribution is -2.43. The molecule has 1 aromatic heterocycles. The third-order valence-corrected chi connectivity index (χ3v) is 5.06. The molecule has 3 aromatic rings. The average Bonchev–Trinajstić information content (AvgIpc) is 3.08. The average molecular weight is 424 g/mol. The van der Waals surface area contributed by atoms with Gasteiger partial charge in [0.2, 0.25) is 0 Å². The molecule has 0 aliphatic rings. The molecular weight excluding hydrogens is 390 g/mol. The number of H-pyrrole nitrogens is 1. The molecule has 0 aliphatic heterocycles. The van der Waals surface area contributed by atoms with Crippen molar-refractivity contribution in [3.63, 3.8) is 0 Å². The van der Waals surface area contributed by atoms with Gasteiger partial charge in [0.15, 0.2) is 11.5 Å². The van der Waals surface area contributed by atoms with Crippen LogP contribution in [0.4, 0.5) is 0 Å². The zero-order chi connectivity index (χ0) is 22.4. The fraction of sp³-hybridized carbons (Fsp3) is 0.400. The highest BCUT2D eigenvalue weighted by Crippen LogP contribution is 2.28. The van der Waals surface area contributed by atoms with Crippen LogP contribution in [-0.4, -0.2) is 36.2 Å². The van der Waals surface area contributed by atoms with Gasteiger partial charge >= 0.3 is 0 Å². The van der Waals surface area contributed by atoms with E-state index in [0.29, 0.717) is 37.8 Å². The molecule has 0 bridgehead atoms. The summed E-state index contributed by atoms with van der Waals surface area (Å²) in [5, 5.41) is 4.56. The van der Waals surface area contributed by atoms with Crippen molar-refractivity contribution in [3.05, 3.63) is 59.8 Å². The van der Waals surface area contributed by atoms with Gasteiger partial charge in [0.1, 0.15) is 12.3 Å². The van der Waals surface area contributed by atoms with Crippen molar-refractivity contribution in [3.8, 4) is 11.5 Å². The molecule has 3 rings (SSSR count). The summed E-state index contributed by atoms with van der Waals surface area (Å²) in [6.45, 7) is 10.3. The standard InChI is InChI=1S/C25H33N3O3/c1-17(2)16-31-22-12-8-7-11-21(22)30-14-13-27-25(3,4)15-19-18-9-5-6-10-20(18)28-23(19)24(26)29/h5-12,17,27-28H,13-16H2,1-4H3,(H2,26,29). The number of aromatic nitrogens is 1. The molecular formula is C25H33N3O3. The highest BCUT2D eigenvalue weighted by atomic mass is 16.5. The van der Waals surface area contributed by atoms with Gasteiger partial charge < -0.3 is 25.5 Å². The lowest BCUT2D eigenvalue weighted by molar-refractivity contribution is 0.0995. The number of hydrogen-bond donors (Lipinski definition) is 3. The van der Waals surface area contributed by atoms with Crippen LogP contribution in [0.15, 0.2) is 48.5 Å². The van der Waals surface area contributed by atoms with Crippen molar-refractivity contribution >= 4 is 16.8 Å². The Morgan fingerprint density at radius 2 is 1.71 bits per heavy atom. The maximum absolute atomic E-state index is 12.0. The third-order valence-electron chi connectivity index (χ3n) is 5.06. The summed E-state index contributed by atoms with van der Waals surface area (Å²) in [6.07, 6.45) is 0.656. The normalized spacial score (nSPS) is 11.8. The second-order valence-corrected chi connectivity index (χ2v) is 8.88. The number of primary amides is 1. The van der Waals surface area contributed by atoms with E-state index in [0.717, 1.165) is 28.0 Å². The van der Waals surface area contributed by atoms with Crippen LogP contribution < -0.4 is 20.5 Å². The minimum absolute atomic E-state index is 0.258. The van der Waals surface area contributed by atoms with E-state index in [-0.39, 0.29) is 5.54 Å². The molecule has 0 saturated heterocycles. The Morgan fingerprint density at radius 3 is 2.39 bits per heavy atom. The van der Waals surface area contributed by atoms with Crippen molar-refractivity contribution in [2.45, 2.75) is 39.7 Å². The maximum atomic E-state index is 12.0. The Morgan fingerprint density at radius 1 is 1.06 bits per heavy atom. The Balaban J connectivity index is 1.60. The number of nitrogens with two attached hydrogens (primary N) is 1. The van der Waals surface area contributed by atoms with Gasteiger partial charge in [-0.1, -0.05) is 44.2 Å². The molecule has 0 radical (unpaired) electrons. The number of para-hydroxylation sites is 3. The van der Waals surface area contributed by atoms with Crippen molar-refractivity contribution in [1.82, 2.24) is 10.3 Å². The number of nitrogens with one attached hydrogen (secondary N) is 2. The first kappa shape index (κ1) is 22.7. The van der Waals surface area contributed by atoms with E-state index < -0.39 is 5.91 Å². The van der Waals surface area contributed by atoms with Crippen LogP contribution in [0.2, 0.25) is 0 Å². The zero-order valence-electron chi connectivity index (χ0n) is 18.8. The number of fused-ring (bicyclic) bond motifs is 1. The molecule has 0 saturated carbocycles. The van der Waals surface area contributed by atoms with Gasteiger partial charge in [0.25, 0.3) is 5.91 Å². The highest BCUT2D eigenvalue weighted by Gasteiger charge is 2.24. The number of rotatable bonds is 11. The number of carbonyl (C=O) groups excluding carboxylic acids is 1. The van der Waals surface area contributed by atoms with Crippen LogP contribution in [0, 0.1) is 5.92 Å². The summed E-state index contributed by atoms with van der Waals surface area (Å²) in [7, 11) is 0. The van der Waals surface area contributed by atoms with Crippen molar-refractivity contribution in [2.75, 3.05) is 19.8 Å². The minimum Gasteiger partial charge on any atom is -0.489 e. The molecule has 166 valence electrons. The lowest BCUT2D eigenvalue weighted by atomic mass is 9.92. The van der Waals surface area contributed by atoms with E-state index in [1.165, 1.54) is 0 Å². The van der Waals surface area contributed by atoms with Crippen LogP contribution in [0.3, 0.4) is 0 Å². The molecule has 0 atom stereocenters. The summed E-state index contributed by atoms with van der Waals surface area (Å²) in [5.74, 6) is 1.52. The van der Waals surface area contributed by atoms with Crippen LogP contribution in [-0.2, 0) is 6.42 Å². The molecule has 0 aliphatic carbocycles. The fourth-order valence-electron chi connectivity index (χ4n) is 3.59. The first-order valence-corrected chi connectivity index (χ1v) is 10.8. The molecule has 4 N–H and O–H groups in total. The smallest absolute Gasteiger partial charge is 0.265 e. The first-order chi connectivity index (χ1) is 14.8. The minimum atomic E-state index is -0.441. The Kier molecular flexibility index (Phi) is 7.23. The zero-order valence-corrected chi connectivity index (χ0v) is 18.8. The number of benzene rings is 2. The molecule has 31 heavy (non-hydrogen) atoms. The second kappa shape index (κ2) is 9.88. The molecule has 1 heterocycles. The highest BCUT2D eigenvalue weighted by molar-refractivity contribution is 6.00. The van der Waals surface area contributed by atoms with Crippen LogP contribution in [0.5, 0.6) is 11.5 Å². The predicted octanol–water partition coefficient (Wildman–Crippen LogP) is 4.29. The predicted molar refractivity (Wildman–Crippen MR) is 125 cm³/mol. The molecule has 1 amide bonds. The Labute approximate surface area is 184 Å². The van der Waals surface area contributed by atoms with Crippen molar-refractivity contribution in [1.29, 1.82) is 0 Å². The summed E-state index contributed by atoms with van der Waals surface area (Å²) >= 11 is 0. The van der Waals surface area contributed by atoms with E-state index in [2.05, 4.69) is 38.0 Å². The molecule has 0 unspecified atom stereocenters. The number of aromatic amines is 1. The summed E-state index contributed by atoms with van der Waals surface area (Å²) in [5.41, 5.74) is 7.69. The Bertz CT molecular complexity index is 1020. The SMILES string of the molecule is CC(C)COc1ccccc1OCCNC(C)(C)Cc1c(C(N)=O)[nH]c2ccccc12. The summed E-state index contributed by atoms with van der Waals surface area (Å²) in [6, 6.07) is 15.6. The number of hydrogen-bond acceptors (Lipinski definition) is 4. The third kappa shape index (κ3) is 6.01. The molecule has 0 fully saturated rings. The molecule has 0 spiro atoms. The first-order valence-electron chi connectivity index (χ1n) is 10.8. The summed E-state index contributed by atoms with van der Waals surface area (Å²) < 4.78 is 11.8. The monoisotopic (exact) mass is 423 g/mol. The topological polar surface area (TPSA) is 89.4 Å². The number of ether oxygens (including phenoxy) is 2. The second-order valence-electron chi connectivity index (χ2n) is 8.88. The van der Waals surface area contributed by atoms with Gasteiger partial charge in [-0.05, 0) is 49.9 Å². The van der Waals surface area contributed by atoms with E-state index in [1.807, 2.05) is 48.5 Å². The fourth-order valence-corrected chi connectivity index (χ4v) is 3.59. The number of amides is 1. The van der Waals surface area contributed by atoms with E-state index in [1.54, 1.807) is 0 Å². The van der Waals surface area contributed by atoms with Gasteiger partial charge in [-0.25, -0.2) is 0 Å². The maximum Gasteiger partial charge on any atom is 0.265 e. The van der Waals surface area contributed by atoms with Gasteiger partial charge in [0, 0.05) is 23.0 Å². The summed E-state index contributed by atoms with van der Waals surface area (Å²) in [4.78, 5) is 15.1. The molecule has 2 aromatic carbocycles. The van der Waals surface area contributed by atoms with Crippen LogP contribution in [0.25, 0.3) is 10.9 Å². The Hall–Kier alpha value is -2.99. The van der Waals surface area contributed by atoms with Crippen LogP contribution in [0.1, 0.15) is 43.7 Å². The largest absolute Gasteiger partial charge is 0.489 e. The van der Waals surface area contributed by atoms with Crippen molar-refractivity contribution in [2.24, 2.45) is 11.7 Å². The lowest BCUT2D eigenvalue weighted by Gasteiger charge is -2.27. The van der Waals surface area contributed by atoms with Gasteiger partial charge in [-0.15, -0.1) is 0 Å². The van der Waals surface area contributed by atoms with E-state index >= 15 is 0 Å².